The number of benzene rings is 2. The minimum absolute atomic E-state index is 0.295. The van der Waals surface area contributed by atoms with Gasteiger partial charge in [0.1, 0.15) is 6.34 Å². The number of nitrogens with zero attached hydrogens (tertiary/aromatic N) is 1. The predicted molar refractivity (Wildman–Crippen MR) is 116 cm³/mol. The van der Waals surface area contributed by atoms with Crippen molar-refractivity contribution in [2.24, 2.45) is 10.8 Å². The Morgan fingerprint density at radius 2 is 2.00 bits per heavy atom. The van der Waals surface area contributed by atoms with Gasteiger partial charge in [-0.3, -0.25) is 14.4 Å². The first kappa shape index (κ1) is 23.2. The summed E-state index contributed by atoms with van der Waals surface area (Å²) < 4.78 is 0. The summed E-state index contributed by atoms with van der Waals surface area (Å²) >= 11 is 10.3. The van der Waals surface area contributed by atoms with Gasteiger partial charge in [0, 0.05) is 15.5 Å². The molecule has 0 aromatic heterocycles. The van der Waals surface area contributed by atoms with Gasteiger partial charge in [0.05, 0.1) is 24.7 Å². The SMILES string of the molecule is NNC=Nc1cccc(C(=O)NCC(=O)NC(CC(=O)O)c2cc(Cl)ccc2S)c1. The molecule has 30 heavy (non-hydrogen) atoms. The fourth-order valence-electron chi connectivity index (χ4n) is 2.57. The van der Waals surface area contributed by atoms with Crippen molar-refractivity contribution in [1.29, 1.82) is 0 Å². The molecule has 0 spiro atoms. The number of rotatable bonds is 9. The van der Waals surface area contributed by atoms with Crippen LogP contribution in [0.3, 0.4) is 0 Å². The van der Waals surface area contributed by atoms with Crippen molar-refractivity contribution < 1.29 is 19.5 Å². The molecule has 2 amide bonds. The lowest BCUT2D eigenvalue weighted by Crippen LogP contribution is -2.39. The van der Waals surface area contributed by atoms with Crippen LogP contribution in [0.5, 0.6) is 0 Å². The Hall–Kier alpha value is -3.08. The molecule has 1 atom stereocenters. The number of aliphatic carboxylic acids is 1. The van der Waals surface area contributed by atoms with E-state index in [1.807, 2.05) is 0 Å². The molecule has 6 N–H and O–H groups in total. The molecular formula is C19H20ClN5O4S. The number of carboxylic acid groups (broad SMARTS) is 1. The molecule has 2 rings (SSSR count). The van der Waals surface area contributed by atoms with Gasteiger partial charge < -0.3 is 21.2 Å². The number of hydrogen-bond acceptors (Lipinski definition) is 6. The van der Waals surface area contributed by atoms with Crippen LogP contribution in [0, 0.1) is 0 Å². The van der Waals surface area contributed by atoms with E-state index in [0.29, 0.717) is 26.7 Å². The van der Waals surface area contributed by atoms with E-state index in [-0.39, 0.29) is 13.0 Å². The smallest absolute Gasteiger partial charge is 0.305 e. The van der Waals surface area contributed by atoms with Crippen LogP contribution in [0.4, 0.5) is 5.69 Å². The third-order valence-corrected chi connectivity index (χ3v) is 4.53. The molecule has 2 aromatic rings. The van der Waals surface area contributed by atoms with Gasteiger partial charge in [-0.1, -0.05) is 17.7 Å². The number of nitrogens with one attached hydrogen (secondary N) is 3. The Bertz CT molecular complexity index is 970. The highest BCUT2D eigenvalue weighted by molar-refractivity contribution is 7.80. The van der Waals surface area contributed by atoms with Gasteiger partial charge in [-0.15, -0.1) is 12.6 Å². The predicted octanol–water partition coefficient (Wildman–Crippen LogP) is 1.81. The minimum atomic E-state index is -1.11. The van der Waals surface area contributed by atoms with E-state index < -0.39 is 23.8 Å². The molecule has 1 unspecified atom stereocenters. The quantitative estimate of drug-likeness (QED) is 0.113. The van der Waals surface area contributed by atoms with E-state index in [9.17, 15) is 14.4 Å². The summed E-state index contributed by atoms with van der Waals surface area (Å²) in [5, 5.41) is 14.6. The van der Waals surface area contributed by atoms with Crippen LogP contribution in [0.25, 0.3) is 0 Å². The van der Waals surface area contributed by atoms with Gasteiger partial charge in [0.15, 0.2) is 0 Å². The number of amides is 2. The van der Waals surface area contributed by atoms with Gasteiger partial charge in [-0.25, -0.2) is 10.8 Å². The summed E-state index contributed by atoms with van der Waals surface area (Å²) in [6.07, 6.45) is 0.890. The van der Waals surface area contributed by atoms with E-state index in [4.69, 9.17) is 22.6 Å². The summed E-state index contributed by atoms with van der Waals surface area (Å²) in [6, 6.07) is 10.3. The number of carbonyl (C=O) groups is 3. The Labute approximate surface area is 183 Å². The van der Waals surface area contributed by atoms with Crippen molar-refractivity contribution >= 4 is 54.0 Å². The lowest BCUT2D eigenvalue weighted by atomic mass is 10.0. The zero-order chi connectivity index (χ0) is 22.1. The summed E-state index contributed by atoms with van der Waals surface area (Å²) in [6.45, 7) is -0.352. The van der Waals surface area contributed by atoms with Crippen LogP contribution >= 0.6 is 24.2 Å². The second kappa shape index (κ2) is 11.2. The topological polar surface area (TPSA) is 146 Å². The van der Waals surface area contributed by atoms with Gasteiger partial charge in [0.2, 0.25) is 5.91 Å². The fraction of sp³-hybridized carbons (Fsp3) is 0.158. The lowest BCUT2D eigenvalue weighted by Gasteiger charge is -2.19. The van der Waals surface area contributed by atoms with Crippen LogP contribution in [-0.4, -0.2) is 35.8 Å². The zero-order valence-electron chi connectivity index (χ0n) is 15.6. The largest absolute Gasteiger partial charge is 0.481 e. The Morgan fingerprint density at radius 1 is 1.23 bits per heavy atom. The van der Waals surface area contributed by atoms with Crippen molar-refractivity contribution in [3.63, 3.8) is 0 Å². The Balaban J connectivity index is 2.03. The highest BCUT2D eigenvalue weighted by Crippen LogP contribution is 2.27. The van der Waals surface area contributed by atoms with E-state index >= 15 is 0 Å². The van der Waals surface area contributed by atoms with E-state index in [1.165, 1.54) is 12.4 Å². The molecule has 0 saturated carbocycles. The normalized spacial score (nSPS) is 11.7. The second-order valence-electron chi connectivity index (χ2n) is 6.08. The highest BCUT2D eigenvalue weighted by Gasteiger charge is 2.21. The van der Waals surface area contributed by atoms with Crippen LogP contribution in [-0.2, 0) is 9.59 Å². The standard InChI is InChI=1S/C19H20ClN5O4S/c20-12-4-5-16(30)14(7-12)15(8-18(27)28)25-17(26)9-22-19(29)11-2-1-3-13(6-11)23-10-24-21/h1-7,10,15,30H,8-9,21H2,(H,22,29)(H,23,24)(H,25,26)(H,27,28). The molecule has 158 valence electrons. The van der Waals surface area contributed by atoms with E-state index in [1.54, 1.807) is 36.4 Å². The van der Waals surface area contributed by atoms with E-state index in [0.717, 1.165) is 0 Å². The first-order chi connectivity index (χ1) is 14.3. The number of carboxylic acids is 1. The average Bonchev–Trinajstić information content (AvgIpc) is 2.71. The summed E-state index contributed by atoms with van der Waals surface area (Å²) in [7, 11) is 0. The number of hydrogen-bond donors (Lipinski definition) is 6. The molecular weight excluding hydrogens is 430 g/mol. The fourth-order valence-corrected chi connectivity index (χ4v) is 3.04. The average molecular weight is 450 g/mol. The monoisotopic (exact) mass is 449 g/mol. The second-order valence-corrected chi connectivity index (χ2v) is 7.00. The highest BCUT2D eigenvalue weighted by atomic mass is 35.5. The van der Waals surface area contributed by atoms with Crippen molar-refractivity contribution in [3.8, 4) is 0 Å². The molecule has 0 radical (unpaired) electrons. The molecule has 0 fully saturated rings. The molecule has 9 nitrogen and oxygen atoms in total. The molecule has 0 aliphatic rings. The molecule has 0 heterocycles. The lowest BCUT2D eigenvalue weighted by molar-refractivity contribution is -0.137. The molecule has 0 aliphatic carbocycles. The van der Waals surface area contributed by atoms with Crippen molar-refractivity contribution in [2.75, 3.05) is 6.54 Å². The molecule has 0 bridgehead atoms. The maximum atomic E-state index is 12.3. The van der Waals surface area contributed by atoms with Gasteiger partial charge in [-0.2, -0.15) is 0 Å². The number of hydrazine groups is 1. The minimum Gasteiger partial charge on any atom is -0.481 e. The molecule has 2 aromatic carbocycles. The van der Waals surface area contributed by atoms with Gasteiger partial charge >= 0.3 is 5.97 Å². The van der Waals surface area contributed by atoms with Crippen LogP contribution in [0.1, 0.15) is 28.4 Å². The number of thiol groups is 1. The third kappa shape index (κ3) is 7.07. The first-order valence-electron chi connectivity index (χ1n) is 8.66. The molecule has 0 saturated heterocycles. The van der Waals surface area contributed by atoms with Crippen LogP contribution in [0.2, 0.25) is 5.02 Å². The summed E-state index contributed by atoms with van der Waals surface area (Å²) in [5.74, 6) is 2.95. The summed E-state index contributed by atoms with van der Waals surface area (Å²) in [4.78, 5) is 40.3. The Kier molecular flexibility index (Phi) is 8.66. The molecule has 11 heteroatoms. The maximum absolute atomic E-state index is 12.3. The number of aliphatic imine (C=N–C) groups is 1. The summed E-state index contributed by atoms with van der Waals surface area (Å²) in [5.41, 5.74) is 3.51. The van der Waals surface area contributed by atoms with Crippen molar-refractivity contribution in [1.82, 2.24) is 16.1 Å². The van der Waals surface area contributed by atoms with Crippen molar-refractivity contribution in [3.05, 3.63) is 58.6 Å². The third-order valence-electron chi connectivity index (χ3n) is 3.88. The number of nitrogens with two attached hydrogens (primary N) is 1. The van der Waals surface area contributed by atoms with Crippen LogP contribution < -0.4 is 21.9 Å². The molecule has 0 aliphatic heterocycles. The van der Waals surface area contributed by atoms with Gasteiger partial charge in [-0.05, 0) is 42.0 Å². The van der Waals surface area contributed by atoms with Gasteiger partial charge in [0.25, 0.3) is 5.91 Å². The van der Waals surface area contributed by atoms with Crippen LogP contribution in [0.15, 0.2) is 52.4 Å². The number of carbonyl (C=O) groups excluding carboxylic acids is 2. The van der Waals surface area contributed by atoms with Crippen molar-refractivity contribution in [2.45, 2.75) is 17.4 Å². The maximum Gasteiger partial charge on any atom is 0.305 e. The Morgan fingerprint density at radius 3 is 2.70 bits per heavy atom. The first-order valence-corrected chi connectivity index (χ1v) is 9.49. The number of halogens is 1. The zero-order valence-corrected chi connectivity index (χ0v) is 17.3. The van der Waals surface area contributed by atoms with E-state index in [2.05, 4.69) is 33.7 Å².